The first-order valence-corrected chi connectivity index (χ1v) is 5.45. The molecule has 0 saturated carbocycles. The number of carbonyl (C=O) groups excluding carboxylic acids is 2. The maximum atomic E-state index is 11.0. The molecule has 0 atom stereocenters. The van der Waals surface area contributed by atoms with Crippen LogP contribution in [0.15, 0.2) is 24.3 Å². The molecule has 0 aromatic heterocycles. The SMILES string of the molecule is CCOC(=O)Oc1ccc(OC(=O)OCC)cc1. The average Bonchev–Trinajstić information content (AvgIpc) is 2.32. The van der Waals surface area contributed by atoms with Crippen molar-refractivity contribution < 1.29 is 28.5 Å². The second-order valence-corrected chi connectivity index (χ2v) is 3.04. The van der Waals surface area contributed by atoms with Crippen LogP contribution in [0.4, 0.5) is 9.59 Å². The van der Waals surface area contributed by atoms with E-state index in [0.717, 1.165) is 0 Å². The minimum absolute atomic E-state index is 0.239. The Bertz CT molecular complexity index is 359. The Kier molecular flexibility index (Phi) is 5.50. The van der Waals surface area contributed by atoms with Crippen LogP contribution in [-0.2, 0) is 9.47 Å². The van der Waals surface area contributed by atoms with E-state index in [1.807, 2.05) is 0 Å². The van der Waals surface area contributed by atoms with Gasteiger partial charge >= 0.3 is 12.3 Å². The van der Waals surface area contributed by atoms with Crippen LogP contribution in [0.1, 0.15) is 13.8 Å². The van der Waals surface area contributed by atoms with Crippen molar-refractivity contribution in [3.63, 3.8) is 0 Å². The standard InChI is InChI=1S/C12H14O6/c1-3-15-11(13)17-9-5-7-10(8-6-9)18-12(14)16-4-2/h5-8H,3-4H2,1-2H3. The molecule has 0 heterocycles. The lowest BCUT2D eigenvalue weighted by Gasteiger charge is -2.06. The Labute approximate surface area is 104 Å². The van der Waals surface area contributed by atoms with Gasteiger partial charge in [-0.05, 0) is 38.1 Å². The van der Waals surface area contributed by atoms with E-state index in [-0.39, 0.29) is 13.2 Å². The highest BCUT2D eigenvalue weighted by Gasteiger charge is 2.07. The molecule has 0 bridgehead atoms. The first kappa shape index (κ1) is 13.8. The van der Waals surface area contributed by atoms with Crippen LogP contribution < -0.4 is 9.47 Å². The summed E-state index contributed by atoms with van der Waals surface area (Å²) in [6, 6.07) is 5.91. The third-order valence-corrected chi connectivity index (χ3v) is 1.75. The molecule has 6 nitrogen and oxygen atoms in total. The summed E-state index contributed by atoms with van der Waals surface area (Å²) in [5.74, 6) is 0.592. The zero-order chi connectivity index (χ0) is 13.4. The highest BCUT2D eigenvalue weighted by molar-refractivity contribution is 5.65. The Morgan fingerprint density at radius 2 is 1.17 bits per heavy atom. The van der Waals surface area contributed by atoms with Gasteiger partial charge in [0.1, 0.15) is 11.5 Å². The van der Waals surface area contributed by atoms with E-state index in [0.29, 0.717) is 11.5 Å². The van der Waals surface area contributed by atoms with E-state index in [1.54, 1.807) is 13.8 Å². The summed E-state index contributed by atoms with van der Waals surface area (Å²) in [7, 11) is 0. The summed E-state index contributed by atoms with van der Waals surface area (Å²) >= 11 is 0. The number of hydrogen-bond acceptors (Lipinski definition) is 6. The average molecular weight is 254 g/mol. The predicted octanol–water partition coefficient (Wildman–Crippen LogP) is 2.76. The topological polar surface area (TPSA) is 71.1 Å². The number of rotatable bonds is 4. The zero-order valence-corrected chi connectivity index (χ0v) is 10.2. The summed E-state index contributed by atoms with van der Waals surface area (Å²) in [6.45, 7) is 3.83. The van der Waals surface area contributed by atoms with Crippen LogP contribution >= 0.6 is 0 Å². The van der Waals surface area contributed by atoms with Crippen LogP contribution in [0.3, 0.4) is 0 Å². The third kappa shape index (κ3) is 4.73. The Morgan fingerprint density at radius 1 is 0.833 bits per heavy atom. The number of benzene rings is 1. The van der Waals surface area contributed by atoms with Crippen LogP contribution in [0.5, 0.6) is 11.5 Å². The lowest BCUT2D eigenvalue weighted by molar-refractivity contribution is 0.102. The van der Waals surface area contributed by atoms with Crippen LogP contribution in [0.25, 0.3) is 0 Å². The Hall–Kier alpha value is -2.24. The quantitative estimate of drug-likeness (QED) is 0.607. The molecule has 0 aliphatic rings. The maximum absolute atomic E-state index is 11.0. The summed E-state index contributed by atoms with van der Waals surface area (Å²) in [6.07, 6.45) is -1.56. The molecule has 0 N–H and O–H groups in total. The van der Waals surface area contributed by atoms with E-state index in [1.165, 1.54) is 24.3 Å². The maximum Gasteiger partial charge on any atom is 0.513 e. The molecule has 6 heteroatoms. The van der Waals surface area contributed by atoms with Gasteiger partial charge in [-0.1, -0.05) is 0 Å². The predicted molar refractivity (Wildman–Crippen MR) is 61.7 cm³/mol. The molecule has 0 spiro atoms. The summed E-state index contributed by atoms with van der Waals surface area (Å²) in [4.78, 5) is 22.0. The van der Waals surface area contributed by atoms with Gasteiger partial charge in [0.2, 0.25) is 0 Å². The van der Waals surface area contributed by atoms with Gasteiger partial charge in [0.15, 0.2) is 0 Å². The van der Waals surface area contributed by atoms with Crippen molar-refractivity contribution in [3.05, 3.63) is 24.3 Å². The number of hydrogen-bond donors (Lipinski definition) is 0. The van der Waals surface area contributed by atoms with Gasteiger partial charge in [-0.3, -0.25) is 0 Å². The molecule has 1 rings (SSSR count). The van der Waals surface area contributed by atoms with Crippen molar-refractivity contribution in [3.8, 4) is 11.5 Å². The molecule has 98 valence electrons. The lowest BCUT2D eigenvalue weighted by Crippen LogP contribution is -2.11. The molecule has 1 aromatic rings. The second kappa shape index (κ2) is 7.16. The van der Waals surface area contributed by atoms with Gasteiger partial charge in [0, 0.05) is 0 Å². The minimum Gasteiger partial charge on any atom is -0.434 e. The molecular formula is C12H14O6. The van der Waals surface area contributed by atoms with Crippen molar-refractivity contribution in [2.45, 2.75) is 13.8 Å². The van der Waals surface area contributed by atoms with Crippen molar-refractivity contribution >= 4 is 12.3 Å². The van der Waals surface area contributed by atoms with E-state index >= 15 is 0 Å². The molecule has 0 aliphatic carbocycles. The Balaban J connectivity index is 2.52. The number of carbonyl (C=O) groups is 2. The van der Waals surface area contributed by atoms with Crippen LogP contribution in [0.2, 0.25) is 0 Å². The van der Waals surface area contributed by atoms with Gasteiger partial charge in [0.25, 0.3) is 0 Å². The zero-order valence-electron chi connectivity index (χ0n) is 10.2. The fourth-order valence-electron chi connectivity index (χ4n) is 1.06. The minimum atomic E-state index is -0.781. The van der Waals surface area contributed by atoms with Crippen LogP contribution in [-0.4, -0.2) is 25.5 Å². The molecule has 0 saturated heterocycles. The molecule has 0 radical (unpaired) electrons. The second-order valence-electron chi connectivity index (χ2n) is 3.04. The highest BCUT2D eigenvalue weighted by atomic mass is 16.7. The largest absolute Gasteiger partial charge is 0.513 e. The van der Waals surface area contributed by atoms with Gasteiger partial charge < -0.3 is 18.9 Å². The van der Waals surface area contributed by atoms with E-state index in [4.69, 9.17) is 9.47 Å². The molecule has 0 amide bonds. The molecule has 0 fully saturated rings. The smallest absolute Gasteiger partial charge is 0.434 e. The van der Waals surface area contributed by atoms with Gasteiger partial charge in [-0.15, -0.1) is 0 Å². The molecule has 1 aromatic carbocycles. The first-order valence-electron chi connectivity index (χ1n) is 5.45. The highest BCUT2D eigenvalue weighted by Crippen LogP contribution is 2.18. The molecular weight excluding hydrogens is 240 g/mol. The Morgan fingerprint density at radius 3 is 1.44 bits per heavy atom. The van der Waals surface area contributed by atoms with Gasteiger partial charge in [-0.2, -0.15) is 0 Å². The van der Waals surface area contributed by atoms with Crippen molar-refractivity contribution in [2.24, 2.45) is 0 Å². The third-order valence-electron chi connectivity index (χ3n) is 1.75. The molecule has 18 heavy (non-hydrogen) atoms. The summed E-state index contributed by atoms with van der Waals surface area (Å²) in [5, 5.41) is 0. The lowest BCUT2D eigenvalue weighted by atomic mass is 10.3. The van der Waals surface area contributed by atoms with Gasteiger partial charge in [-0.25, -0.2) is 9.59 Å². The molecule has 0 aliphatic heterocycles. The fraction of sp³-hybridized carbons (Fsp3) is 0.333. The van der Waals surface area contributed by atoms with E-state index in [9.17, 15) is 9.59 Å². The van der Waals surface area contributed by atoms with Crippen molar-refractivity contribution in [1.82, 2.24) is 0 Å². The van der Waals surface area contributed by atoms with Crippen LogP contribution in [0, 0.1) is 0 Å². The number of ether oxygens (including phenoxy) is 4. The monoisotopic (exact) mass is 254 g/mol. The van der Waals surface area contributed by atoms with E-state index < -0.39 is 12.3 Å². The van der Waals surface area contributed by atoms with Gasteiger partial charge in [0.05, 0.1) is 13.2 Å². The summed E-state index contributed by atoms with van der Waals surface area (Å²) in [5.41, 5.74) is 0. The van der Waals surface area contributed by atoms with Crippen molar-refractivity contribution in [2.75, 3.05) is 13.2 Å². The normalized spacial score (nSPS) is 9.44. The van der Waals surface area contributed by atoms with Crippen molar-refractivity contribution in [1.29, 1.82) is 0 Å². The summed E-state index contributed by atoms with van der Waals surface area (Å²) < 4.78 is 18.9. The fourth-order valence-corrected chi connectivity index (χ4v) is 1.06. The van der Waals surface area contributed by atoms with E-state index in [2.05, 4.69) is 9.47 Å². The molecule has 0 unspecified atom stereocenters. The first-order chi connectivity index (χ1) is 8.65.